The predicted octanol–water partition coefficient (Wildman–Crippen LogP) is -2.13. The highest BCUT2D eigenvalue weighted by Gasteiger charge is 2.55. The molecule has 1 fully saturated rings. The molecule has 19 nitrogen and oxygen atoms in total. The fourth-order valence-corrected chi connectivity index (χ4v) is 6.33. The van der Waals surface area contributed by atoms with Crippen molar-refractivity contribution in [1.29, 1.82) is 0 Å². The maximum atomic E-state index is 12.9. The van der Waals surface area contributed by atoms with Crippen molar-refractivity contribution in [2.75, 3.05) is 24.3 Å². The van der Waals surface area contributed by atoms with Crippen molar-refractivity contribution in [2.45, 2.75) is 22.7 Å². The van der Waals surface area contributed by atoms with Crippen LogP contribution in [0.2, 0.25) is 0 Å². The number of amides is 4. The van der Waals surface area contributed by atoms with Crippen molar-refractivity contribution in [1.82, 2.24) is 15.2 Å². The Kier molecular flexibility index (Phi) is 9.19. The number of hydrogen-bond donors (Lipinski definition) is 7. The number of β-lactam (4-membered cyclic amide) rings is 1. The highest BCUT2D eigenvalue weighted by Crippen LogP contribution is 2.40. The maximum absolute atomic E-state index is 12.9. The minimum atomic E-state index is -5.18. The molecule has 22 heteroatoms. The Morgan fingerprint density at radius 2 is 1.90 bits per heavy atom. The fourth-order valence-electron chi connectivity index (χ4n) is 3.43. The zero-order valence-corrected chi connectivity index (χ0v) is 22.2. The molecule has 0 aliphatic carbocycles. The standard InChI is InChI=1S/C18H20N6O13S3/c19-6(14(27)28)2-37-18(32)23-17-21-7(4-39-17)10(40(33,34)35)11(25)22-8-12(26)24-9(15(29)30)5(1-36-16(20)31)3-38-13(8)24/h4,6,8,10,13H,1-3,19H2,(H2,20,31)(H,22,25)(H,27,28)(H,29,30)(H,21,23,32)(H,33,34,35)/t6-,8-,10?,13-/m1/s1. The zero-order chi connectivity index (χ0) is 29.9. The minimum absolute atomic E-state index is 0.0357. The van der Waals surface area contributed by atoms with Crippen LogP contribution in [0.1, 0.15) is 10.9 Å². The van der Waals surface area contributed by atoms with Crippen molar-refractivity contribution < 1.29 is 61.4 Å². The number of carbonyl (C=O) groups excluding carboxylic acids is 4. The molecule has 2 aliphatic rings. The number of fused-ring (bicyclic) bond motifs is 1. The molecule has 0 spiro atoms. The van der Waals surface area contributed by atoms with Crippen molar-refractivity contribution in [3.05, 3.63) is 22.3 Å². The molecule has 0 saturated carbocycles. The van der Waals surface area contributed by atoms with Crippen LogP contribution >= 0.6 is 23.1 Å². The lowest BCUT2D eigenvalue weighted by Crippen LogP contribution is -2.71. The summed E-state index contributed by atoms with van der Waals surface area (Å²) in [7, 11) is -5.18. The molecular formula is C18H20N6O13S3. The number of carbonyl (C=O) groups is 6. The van der Waals surface area contributed by atoms with Gasteiger partial charge in [-0.15, -0.1) is 23.1 Å². The van der Waals surface area contributed by atoms with Crippen LogP contribution in [0, 0.1) is 0 Å². The van der Waals surface area contributed by atoms with Gasteiger partial charge in [0.2, 0.25) is 11.2 Å². The lowest BCUT2D eigenvalue weighted by molar-refractivity contribution is -0.150. The van der Waals surface area contributed by atoms with Gasteiger partial charge >= 0.3 is 24.1 Å². The van der Waals surface area contributed by atoms with E-state index in [2.05, 4.69) is 25.1 Å². The van der Waals surface area contributed by atoms with Gasteiger partial charge in [-0.1, -0.05) is 0 Å². The summed E-state index contributed by atoms with van der Waals surface area (Å²) >= 11 is 1.61. The molecule has 1 aromatic rings. The maximum Gasteiger partial charge on any atom is 0.413 e. The molecule has 0 aromatic carbocycles. The minimum Gasteiger partial charge on any atom is -0.480 e. The molecule has 3 heterocycles. The van der Waals surface area contributed by atoms with Crippen LogP contribution in [0.4, 0.5) is 14.7 Å². The van der Waals surface area contributed by atoms with E-state index in [1.807, 2.05) is 0 Å². The average Bonchev–Trinajstić information content (AvgIpc) is 3.29. The third-order valence-electron chi connectivity index (χ3n) is 5.18. The molecule has 4 atom stereocenters. The number of nitrogens with one attached hydrogen (secondary N) is 2. The summed E-state index contributed by atoms with van der Waals surface area (Å²) in [5, 5.41) is 19.9. The molecule has 9 N–H and O–H groups in total. The van der Waals surface area contributed by atoms with Gasteiger partial charge in [-0.2, -0.15) is 8.42 Å². The predicted molar refractivity (Wildman–Crippen MR) is 132 cm³/mol. The number of thioether (sulfide) groups is 1. The monoisotopic (exact) mass is 624 g/mol. The third-order valence-corrected chi connectivity index (χ3v) is 8.35. The van der Waals surface area contributed by atoms with Crippen LogP contribution in [0.5, 0.6) is 0 Å². The number of aromatic nitrogens is 1. The molecule has 40 heavy (non-hydrogen) atoms. The van der Waals surface area contributed by atoms with Crippen molar-refractivity contribution >= 4 is 74.3 Å². The quantitative estimate of drug-likeness (QED) is 0.102. The Hall–Kier alpha value is -3.99. The first-order valence-corrected chi connectivity index (χ1v) is 14.0. The number of nitrogens with zero attached hydrogens (tertiary/aromatic N) is 2. The van der Waals surface area contributed by atoms with Crippen LogP contribution in [0.3, 0.4) is 0 Å². The molecule has 0 radical (unpaired) electrons. The molecule has 2 aliphatic heterocycles. The number of carboxylic acids is 2. The first kappa shape index (κ1) is 30.6. The lowest BCUT2D eigenvalue weighted by atomic mass is 10.0. The summed E-state index contributed by atoms with van der Waals surface area (Å²) in [6.07, 6.45) is -2.36. The highest BCUT2D eigenvalue weighted by molar-refractivity contribution is 8.00. The summed E-state index contributed by atoms with van der Waals surface area (Å²) in [6, 6.07) is -2.89. The van der Waals surface area contributed by atoms with Gasteiger partial charge in [-0.3, -0.25) is 29.2 Å². The number of ether oxygens (including phenoxy) is 2. The highest BCUT2D eigenvalue weighted by atomic mass is 32.2. The van der Waals surface area contributed by atoms with E-state index in [-0.39, 0.29) is 16.5 Å². The summed E-state index contributed by atoms with van der Waals surface area (Å²) in [5.41, 5.74) is 9.13. The van der Waals surface area contributed by atoms with E-state index in [4.69, 9.17) is 16.6 Å². The van der Waals surface area contributed by atoms with E-state index in [1.165, 1.54) is 0 Å². The van der Waals surface area contributed by atoms with Crippen LogP contribution in [0.15, 0.2) is 16.7 Å². The van der Waals surface area contributed by atoms with Gasteiger partial charge < -0.3 is 36.5 Å². The van der Waals surface area contributed by atoms with Crippen LogP contribution in [-0.2, 0) is 38.8 Å². The second-order valence-electron chi connectivity index (χ2n) is 7.90. The van der Waals surface area contributed by atoms with Gasteiger partial charge in [0, 0.05) is 16.7 Å². The molecule has 0 bridgehead atoms. The Bertz CT molecular complexity index is 1390. The summed E-state index contributed by atoms with van der Waals surface area (Å²) < 4.78 is 43.0. The smallest absolute Gasteiger partial charge is 0.413 e. The number of hydrogen-bond acceptors (Lipinski definition) is 14. The number of carboxylic acid groups (broad SMARTS) is 2. The van der Waals surface area contributed by atoms with Gasteiger partial charge in [0.1, 0.15) is 36.4 Å². The molecule has 1 aromatic heterocycles. The Morgan fingerprint density at radius 1 is 1.23 bits per heavy atom. The number of anilines is 1. The molecule has 1 saturated heterocycles. The first-order valence-electron chi connectivity index (χ1n) is 10.6. The van der Waals surface area contributed by atoms with Gasteiger partial charge in [0.15, 0.2) is 5.13 Å². The van der Waals surface area contributed by atoms with Crippen LogP contribution < -0.4 is 22.1 Å². The summed E-state index contributed by atoms with van der Waals surface area (Å²) in [4.78, 5) is 75.4. The largest absolute Gasteiger partial charge is 0.480 e. The average molecular weight is 625 g/mol. The normalized spacial score (nSPS) is 19.9. The van der Waals surface area contributed by atoms with Crippen LogP contribution in [-0.4, -0.2) is 105 Å². The van der Waals surface area contributed by atoms with Gasteiger partial charge in [0.25, 0.3) is 16.0 Å². The second kappa shape index (κ2) is 12.0. The summed E-state index contributed by atoms with van der Waals surface area (Å²) in [6.45, 7) is -1.19. The number of primary amides is 1. The Balaban J connectivity index is 1.72. The van der Waals surface area contributed by atoms with E-state index < -0.39 is 93.4 Å². The van der Waals surface area contributed by atoms with Crippen molar-refractivity contribution in [2.24, 2.45) is 11.5 Å². The van der Waals surface area contributed by atoms with E-state index in [0.29, 0.717) is 11.3 Å². The Labute approximate surface area is 231 Å². The number of aliphatic carboxylic acids is 2. The van der Waals surface area contributed by atoms with E-state index in [9.17, 15) is 46.8 Å². The number of thiazole rings is 1. The van der Waals surface area contributed by atoms with E-state index in [1.54, 1.807) is 0 Å². The number of nitrogens with two attached hydrogens (primary N) is 2. The topological polar surface area (TPSA) is 308 Å². The van der Waals surface area contributed by atoms with Crippen LogP contribution in [0.25, 0.3) is 0 Å². The summed E-state index contributed by atoms with van der Waals surface area (Å²) in [5.74, 6) is -5.29. The number of rotatable bonds is 11. The van der Waals surface area contributed by atoms with Crippen molar-refractivity contribution in [3.8, 4) is 0 Å². The van der Waals surface area contributed by atoms with Gasteiger partial charge in [0.05, 0.1) is 5.69 Å². The van der Waals surface area contributed by atoms with Crippen molar-refractivity contribution in [3.63, 3.8) is 0 Å². The van der Waals surface area contributed by atoms with Gasteiger partial charge in [-0.05, 0) is 0 Å². The zero-order valence-electron chi connectivity index (χ0n) is 19.7. The Morgan fingerprint density at radius 3 is 2.48 bits per heavy atom. The SMILES string of the molecule is NC(=O)OCC1=C(C(=O)O)N2C(=O)[C@@H](NC(=O)C(c3csc(NC(=O)OC[C@@H](N)C(=O)O)n3)S(=O)(=O)O)[C@H]2SC1. The van der Waals surface area contributed by atoms with E-state index >= 15 is 0 Å². The first-order chi connectivity index (χ1) is 18.6. The molecule has 4 amide bonds. The van der Waals surface area contributed by atoms with Gasteiger partial charge in [-0.25, -0.2) is 19.4 Å². The van der Waals surface area contributed by atoms with E-state index in [0.717, 1.165) is 22.0 Å². The molecule has 1 unspecified atom stereocenters. The lowest BCUT2D eigenvalue weighted by Gasteiger charge is -2.49. The third kappa shape index (κ3) is 6.77. The second-order valence-corrected chi connectivity index (χ2v) is 11.4. The fraction of sp³-hybridized carbons (Fsp3) is 0.389. The molecule has 3 rings (SSSR count). The molecular weight excluding hydrogens is 604 g/mol. The molecule has 218 valence electrons.